The maximum atomic E-state index is 10.7. The Labute approximate surface area is 107 Å². The van der Waals surface area contributed by atoms with Gasteiger partial charge in [0, 0.05) is 11.6 Å². The van der Waals surface area contributed by atoms with Crippen molar-refractivity contribution in [1.82, 2.24) is 4.90 Å². The van der Waals surface area contributed by atoms with Crippen molar-refractivity contribution in [3.8, 4) is 11.5 Å². The van der Waals surface area contributed by atoms with E-state index in [2.05, 4.69) is 11.9 Å². The third-order valence-corrected chi connectivity index (χ3v) is 3.43. The second-order valence-corrected chi connectivity index (χ2v) is 4.62. The summed E-state index contributed by atoms with van der Waals surface area (Å²) in [6.45, 7) is 1.79. The van der Waals surface area contributed by atoms with Crippen molar-refractivity contribution in [3.63, 3.8) is 0 Å². The van der Waals surface area contributed by atoms with Gasteiger partial charge >= 0.3 is 0 Å². The summed E-state index contributed by atoms with van der Waals surface area (Å²) in [5.74, 6) is 1.31. The van der Waals surface area contributed by atoms with Gasteiger partial charge in [-0.05, 0) is 44.6 Å². The number of hydrogen-bond acceptors (Lipinski definition) is 4. The Hall–Kier alpha value is -1.55. The zero-order chi connectivity index (χ0) is 13.0. The first-order valence-electron chi connectivity index (χ1n) is 6.21. The molecule has 0 amide bonds. The van der Waals surface area contributed by atoms with E-state index in [1.54, 1.807) is 25.3 Å². The number of carbonyl (C=O) groups is 1. The van der Waals surface area contributed by atoms with Gasteiger partial charge in [0.1, 0.15) is 12.9 Å². The van der Waals surface area contributed by atoms with Crippen LogP contribution in [0.25, 0.3) is 0 Å². The van der Waals surface area contributed by atoms with E-state index in [0.29, 0.717) is 29.7 Å². The van der Waals surface area contributed by atoms with E-state index < -0.39 is 0 Å². The average molecular weight is 249 g/mol. The molecule has 0 aromatic heterocycles. The lowest BCUT2D eigenvalue weighted by molar-refractivity contribution is 0.112. The van der Waals surface area contributed by atoms with Gasteiger partial charge < -0.3 is 14.4 Å². The van der Waals surface area contributed by atoms with Crippen molar-refractivity contribution in [2.45, 2.75) is 18.9 Å². The predicted molar refractivity (Wildman–Crippen MR) is 69.5 cm³/mol. The van der Waals surface area contributed by atoms with Crippen LogP contribution in [0, 0.1) is 0 Å². The number of methoxy groups -OCH3 is 1. The molecule has 1 atom stereocenters. The zero-order valence-electron chi connectivity index (χ0n) is 10.9. The smallest absolute Gasteiger partial charge is 0.161 e. The number of rotatable bonds is 5. The van der Waals surface area contributed by atoms with E-state index in [1.165, 1.54) is 12.8 Å². The minimum absolute atomic E-state index is 0.473. The lowest BCUT2D eigenvalue weighted by atomic mass is 10.2. The van der Waals surface area contributed by atoms with Crippen LogP contribution in [0.4, 0.5) is 0 Å². The largest absolute Gasteiger partial charge is 0.493 e. The Morgan fingerprint density at radius 2 is 2.28 bits per heavy atom. The standard InChI is InChI=1S/C14H19NO3/c1-15-7-3-4-12(15)10-18-13-6-5-11(9-16)8-14(13)17-2/h5-6,8-9,12H,3-4,7,10H2,1-2H3. The third kappa shape index (κ3) is 2.82. The molecule has 0 N–H and O–H groups in total. The molecule has 0 spiro atoms. The molecular weight excluding hydrogens is 230 g/mol. The van der Waals surface area contributed by atoms with Crippen molar-refractivity contribution >= 4 is 6.29 Å². The molecule has 0 aliphatic carbocycles. The minimum atomic E-state index is 0.473. The van der Waals surface area contributed by atoms with Gasteiger partial charge in [-0.1, -0.05) is 0 Å². The second kappa shape index (κ2) is 5.87. The fourth-order valence-corrected chi connectivity index (χ4v) is 2.25. The highest BCUT2D eigenvalue weighted by atomic mass is 16.5. The summed E-state index contributed by atoms with van der Waals surface area (Å²) in [6.07, 6.45) is 3.20. The Morgan fingerprint density at radius 1 is 1.44 bits per heavy atom. The van der Waals surface area contributed by atoms with Crippen molar-refractivity contribution in [2.75, 3.05) is 27.3 Å². The van der Waals surface area contributed by atoms with E-state index in [9.17, 15) is 4.79 Å². The summed E-state index contributed by atoms with van der Waals surface area (Å²) in [5.41, 5.74) is 0.595. The van der Waals surface area contributed by atoms with Gasteiger partial charge in [-0.15, -0.1) is 0 Å². The van der Waals surface area contributed by atoms with E-state index in [0.717, 1.165) is 12.8 Å². The number of likely N-dealkylation sites (tertiary alicyclic amines) is 1. The average Bonchev–Trinajstić information content (AvgIpc) is 2.81. The van der Waals surface area contributed by atoms with Gasteiger partial charge in [0.25, 0.3) is 0 Å². The summed E-state index contributed by atoms with van der Waals surface area (Å²) < 4.78 is 11.0. The molecule has 1 aromatic carbocycles. The van der Waals surface area contributed by atoms with Gasteiger partial charge in [-0.25, -0.2) is 0 Å². The number of benzene rings is 1. The summed E-state index contributed by atoms with van der Waals surface area (Å²) in [4.78, 5) is 13.0. The van der Waals surface area contributed by atoms with Crippen molar-refractivity contribution in [2.24, 2.45) is 0 Å². The molecule has 1 fully saturated rings. The van der Waals surface area contributed by atoms with Gasteiger partial charge in [0.15, 0.2) is 11.5 Å². The molecule has 4 heteroatoms. The first-order valence-corrected chi connectivity index (χ1v) is 6.21. The minimum Gasteiger partial charge on any atom is -0.493 e. The highest BCUT2D eigenvalue weighted by Gasteiger charge is 2.21. The fraction of sp³-hybridized carbons (Fsp3) is 0.500. The SMILES string of the molecule is COc1cc(C=O)ccc1OCC1CCCN1C. The zero-order valence-corrected chi connectivity index (χ0v) is 10.9. The van der Waals surface area contributed by atoms with Gasteiger partial charge in [-0.2, -0.15) is 0 Å². The van der Waals surface area contributed by atoms with E-state index >= 15 is 0 Å². The maximum Gasteiger partial charge on any atom is 0.161 e. The maximum absolute atomic E-state index is 10.7. The molecule has 1 unspecified atom stereocenters. The van der Waals surface area contributed by atoms with Crippen LogP contribution in [-0.4, -0.2) is 44.5 Å². The predicted octanol–water partition coefficient (Wildman–Crippen LogP) is 1.98. The quantitative estimate of drug-likeness (QED) is 0.748. The first-order chi connectivity index (χ1) is 8.74. The van der Waals surface area contributed by atoms with Crippen LogP contribution in [0.2, 0.25) is 0 Å². The lowest BCUT2D eigenvalue weighted by Gasteiger charge is -2.20. The Balaban J connectivity index is 2.02. The van der Waals surface area contributed by atoms with E-state index in [1.807, 2.05) is 0 Å². The van der Waals surface area contributed by atoms with Crippen LogP contribution >= 0.6 is 0 Å². The van der Waals surface area contributed by atoms with Crippen LogP contribution in [0.1, 0.15) is 23.2 Å². The van der Waals surface area contributed by atoms with E-state index in [4.69, 9.17) is 9.47 Å². The summed E-state index contributed by atoms with van der Waals surface area (Å²) in [6, 6.07) is 5.70. The molecule has 18 heavy (non-hydrogen) atoms. The molecule has 1 heterocycles. The molecule has 4 nitrogen and oxygen atoms in total. The molecule has 0 bridgehead atoms. The van der Waals surface area contributed by atoms with Crippen LogP contribution < -0.4 is 9.47 Å². The van der Waals surface area contributed by atoms with Gasteiger partial charge in [0.05, 0.1) is 7.11 Å². The molecule has 0 radical (unpaired) electrons. The number of nitrogens with zero attached hydrogens (tertiary/aromatic N) is 1. The summed E-state index contributed by atoms with van der Waals surface area (Å²) in [5, 5.41) is 0. The highest BCUT2D eigenvalue weighted by Crippen LogP contribution is 2.28. The van der Waals surface area contributed by atoms with Crippen LogP contribution in [-0.2, 0) is 0 Å². The Kier molecular flexibility index (Phi) is 4.20. The molecule has 1 saturated heterocycles. The topological polar surface area (TPSA) is 38.8 Å². The monoisotopic (exact) mass is 249 g/mol. The van der Waals surface area contributed by atoms with Gasteiger partial charge in [0.2, 0.25) is 0 Å². The molecule has 0 saturated carbocycles. The normalized spacial score (nSPS) is 19.8. The van der Waals surface area contributed by atoms with Gasteiger partial charge in [-0.3, -0.25) is 4.79 Å². The molecule has 2 rings (SSSR count). The first kappa shape index (κ1) is 12.9. The molecule has 1 aliphatic rings. The number of ether oxygens (including phenoxy) is 2. The lowest BCUT2D eigenvalue weighted by Crippen LogP contribution is -2.30. The fourth-order valence-electron chi connectivity index (χ4n) is 2.25. The number of aldehydes is 1. The molecular formula is C14H19NO3. The third-order valence-electron chi connectivity index (χ3n) is 3.43. The Morgan fingerprint density at radius 3 is 2.89 bits per heavy atom. The summed E-state index contributed by atoms with van der Waals surface area (Å²) >= 11 is 0. The highest BCUT2D eigenvalue weighted by molar-refractivity contribution is 5.76. The van der Waals surface area contributed by atoms with Crippen molar-refractivity contribution < 1.29 is 14.3 Å². The van der Waals surface area contributed by atoms with Crippen LogP contribution in [0.5, 0.6) is 11.5 Å². The molecule has 1 aliphatic heterocycles. The molecule has 1 aromatic rings. The molecule has 98 valence electrons. The Bertz CT molecular complexity index is 420. The van der Waals surface area contributed by atoms with Crippen LogP contribution in [0.3, 0.4) is 0 Å². The number of hydrogen-bond donors (Lipinski definition) is 0. The number of likely N-dealkylation sites (N-methyl/N-ethyl adjacent to an activating group) is 1. The van der Waals surface area contributed by atoms with Crippen molar-refractivity contribution in [3.05, 3.63) is 23.8 Å². The second-order valence-electron chi connectivity index (χ2n) is 4.62. The summed E-state index contributed by atoms with van der Waals surface area (Å²) in [7, 11) is 3.70. The van der Waals surface area contributed by atoms with Crippen molar-refractivity contribution in [1.29, 1.82) is 0 Å². The van der Waals surface area contributed by atoms with Crippen LogP contribution in [0.15, 0.2) is 18.2 Å². The van der Waals surface area contributed by atoms with E-state index in [-0.39, 0.29) is 0 Å². The number of carbonyl (C=O) groups excluding carboxylic acids is 1.